The van der Waals surface area contributed by atoms with E-state index in [1.54, 1.807) is 12.1 Å². The number of rotatable bonds is 6. The highest BCUT2D eigenvalue weighted by Gasteiger charge is 2.07. The molecule has 0 radical (unpaired) electrons. The van der Waals surface area contributed by atoms with Crippen molar-refractivity contribution in [2.24, 2.45) is 0 Å². The van der Waals surface area contributed by atoms with Crippen molar-refractivity contribution in [3.63, 3.8) is 0 Å². The van der Waals surface area contributed by atoms with Gasteiger partial charge in [-0.3, -0.25) is 4.79 Å². The predicted octanol–water partition coefficient (Wildman–Crippen LogP) is 1.58. The Balaban J connectivity index is 2.32. The van der Waals surface area contributed by atoms with Gasteiger partial charge in [0.2, 0.25) is 0 Å². The minimum Gasteiger partial charge on any atom is -0.391 e. The van der Waals surface area contributed by atoms with Crippen LogP contribution in [0.25, 0.3) is 0 Å². The van der Waals surface area contributed by atoms with Gasteiger partial charge in [0.05, 0.1) is 12.7 Å². The largest absolute Gasteiger partial charge is 0.391 e. The van der Waals surface area contributed by atoms with Crippen LogP contribution in [0.2, 0.25) is 0 Å². The summed E-state index contributed by atoms with van der Waals surface area (Å²) in [5.41, 5.74) is 0.606. The Kier molecular flexibility index (Phi) is 6.18. The van der Waals surface area contributed by atoms with E-state index in [0.29, 0.717) is 18.5 Å². The molecule has 1 rings (SSSR count). The third-order valence-electron chi connectivity index (χ3n) is 2.23. The number of benzene rings is 1. The molecule has 2 N–H and O–H groups in total. The average Bonchev–Trinajstić information content (AvgIpc) is 2.30. The monoisotopic (exact) mass is 301 g/mol. The normalized spacial score (nSPS) is 12.2. The first-order valence-corrected chi connectivity index (χ1v) is 6.13. The lowest BCUT2D eigenvalue weighted by atomic mass is 10.2. The summed E-state index contributed by atoms with van der Waals surface area (Å²) in [5.74, 6) is -0.137. The van der Waals surface area contributed by atoms with Gasteiger partial charge < -0.3 is 15.2 Å². The highest BCUT2D eigenvalue weighted by Crippen LogP contribution is 2.10. The average molecular weight is 302 g/mol. The van der Waals surface area contributed by atoms with Crippen LogP contribution in [0.3, 0.4) is 0 Å². The molecule has 0 saturated carbocycles. The molecule has 0 spiro atoms. The summed E-state index contributed by atoms with van der Waals surface area (Å²) in [6, 6.07) is 7.11. The van der Waals surface area contributed by atoms with Gasteiger partial charge in [0.15, 0.2) is 0 Å². The summed E-state index contributed by atoms with van der Waals surface area (Å²) < 4.78 is 5.73. The number of methoxy groups -OCH3 is 1. The Labute approximate surface area is 109 Å². The highest BCUT2D eigenvalue weighted by molar-refractivity contribution is 9.10. The van der Waals surface area contributed by atoms with Crippen LogP contribution < -0.4 is 5.32 Å². The molecule has 0 aromatic heterocycles. The number of aliphatic hydroxyl groups excluding tert-OH is 1. The second-order valence-corrected chi connectivity index (χ2v) is 4.58. The maximum Gasteiger partial charge on any atom is 0.251 e. The van der Waals surface area contributed by atoms with Crippen molar-refractivity contribution in [1.82, 2.24) is 5.32 Å². The smallest absolute Gasteiger partial charge is 0.251 e. The Morgan fingerprint density at radius 1 is 1.47 bits per heavy atom. The first-order chi connectivity index (χ1) is 8.13. The zero-order chi connectivity index (χ0) is 12.7. The van der Waals surface area contributed by atoms with E-state index in [1.165, 1.54) is 7.11 Å². The summed E-state index contributed by atoms with van der Waals surface area (Å²) in [5, 5.41) is 12.1. The van der Waals surface area contributed by atoms with E-state index in [-0.39, 0.29) is 12.5 Å². The highest BCUT2D eigenvalue weighted by atomic mass is 79.9. The third-order valence-corrected chi connectivity index (χ3v) is 2.76. The molecule has 0 aliphatic rings. The minimum absolute atomic E-state index is 0.137. The number of aliphatic hydroxyl groups is 1. The van der Waals surface area contributed by atoms with Crippen LogP contribution in [-0.2, 0) is 4.74 Å². The van der Waals surface area contributed by atoms with Gasteiger partial charge in [-0.25, -0.2) is 0 Å². The molecule has 17 heavy (non-hydrogen) atoms. The lowest BCUT2D eigenvalue weighted by Crippen LogP contribution is -2.28. The summed E-state index contributed by atoms with van der Waals surface area (Å²) in [6.07, 6.45) is -0.0546. The van der Waals surface area contributed by atoms with Crippen molar-refractivity contribution in [2.75, 3.05) is 20.3 Å². The fourth-order valence-electron chi connectivity index (χ4n) is 1.33. The number of carbonyl (C=O) groups is 1. The molecule has 5 heteroatoms. The van der Waals surface area contributed by atoms with Crippen molar-refractivity contribution in [3.05, 3.63) is 34.3 Å². The summed E-state index contributed by atoms with van der Waals surface area (Å²) in [6.45, 7) is 0.716. The number of ether oxygens (including phenoxy) is 1. The second kappa shape index (κ2) is 7.42. The molecular formula is C12H16BrNO3. The SMILES string of the molecule is COCC(O)CCNC(=O)c1ccc(Br)cc1. The fourth-order valence-corrected chi connectivity index (χ4v) is 1.60. The Morgan fingerprint density at radius 2 is 2.12 bits per heavy atom. The molecule has 1 aromatic carbocycles. The molecule has 0 aliphatic heterocycles. The van der Waals surface area contributed by atoms with Crippen molar-refractivity contribution in [2.45, 2.75) is 12.5 Å². The number of carbonyl (C=O) groups excluding carboxylic acids is 1. The number of halogens is 1. The van der Waals surface area contributed by atoms with Gasteiger partial charge in [0.25, 0.3) is 5.91 Å². The van der Waals surface area contributed by atoms with Gasteiger partial charge in [-0.15, -0.1) is 0 Å². The van der Waals surface area contributed by atoms with E-state index < -0.39 is 6.10 Å². The first-order valence-electron chi connectivity index (χ1n) is 5.34. The second-order valence-electron chi connectivity index (χ2n) is 3.66. The number of hydrogen-bond acceptors (Lipinski definition) is 3. The molecular weight excluding hydrogens is 286 g/mol. The molecule has 4 nitrogen and oxygen atoms in total. The third kappa shape index (κ3) is 5.30. The van der Waals surface area contributed by atoms with E-state index in [1.807, 2.05) is 12.1 Å². The fraction of sp³-hybridized carbons (Fsp3) is 0.417. The van der Waals surface area contributed by atoms with Gasteiger partial charge in [-0.05, 0) is 30.7 Å². The molecule has 1 unspecified atom stereocenters. The molecule has 0 heterocycles. The van der Waals surface area contributed by atoms with Gasteiger partial charge >= 0.3 is 0 Å². The molecule has 94 valence electrons. The topological polar surface area (TPSA) is 58.6 Å². The van der Waals surface area contributed by atoms with E-state index in [9.17, 15) is 9.90 Å². The van der Waals surface area contributed by atoms with Crippen LogP contribution in [0.5, 0.6) is 0 Å². The maximum atomic E-state index is 11.7. The summed E-state index contributed by atoms with van der Waals surface area (Å²) in [7, 11) is 1.53. The van der Waals surface area contributed by atoms with Crippen LogP contribution in [-0.4, -0.2) is 37.4 Å². The lowest BCUT2D eigenvalue weighted by Gasteiger charge is -2.10. The quantitative estimate of drug-likeness (QED) is 0.839. The standard InChI is InChI=1S/C12H16BrNO3/c1-17-8-11(15)6-7-14-12(16)9-2-4-10(13)5-3-9/h2-5,11,15H,6-8H2,1H3,(H,14,16). The summed E-state index contributed by atoms with van der Waals surface area (Å²) >= 11 is 3.30. The summed E-state index contributed by atoms with van der Waals surface area (Å²) in [4.78, 5) is 11.7. The number of nitrogens with one attached hydrogen (secondary N) is 1. The van der Waals surface area contributed by atoms with Gasteiger partial charge in [0.1, 0.15) is 0 Å². The van der Waals surface area contributed by atoms with Crippen molar-refractivity contribution >= 4 is 21.8 Å². The predicted molar refractivity (Wildman–Crippen MR) is 69.0 cm³/mol. The maximum absolute atomic E-state index is 11.7. The van der Waals surface area contributed by atoms with E-state index in [4.69, 9.17) is 4.74 Å². The molecule has 1 atom stereocenters. The molecule has 0 saturated heterocycles. The molecule has 1 aromatic rings. The van der Waals surface area contributed by atoms with Crippen molar-refractivity contribution in [1.29, 1.82) is 0 Å². The molecule has 1 amide bonds. The van der Waals surface area contributed by atoms with Gasteiger partial charge in [-0.2, -0.15) is 0 Å². The van der Waals surface area contributed by atoms with Gasteiger partial charge in [-0.1, -0.05) is 15.9 Å². The molecule has 0 bridgehead atoms. The Hall–Kier alpha value is -0.910. The zero-order valence-corrected chi connectivity index (χ0v) is 11.2. The van der Waals surface area contributed by atoms with Crippen LogP contribution in [0, 0.1) is 0 Å². The molecule has 0 aliphatic carbocycles. The van der Waals surface area contributed by atoms with Crippen LogP contribution >= 0.6 is 15.9 Å². The lowest BCUT2D eigenvalue weighted by molar-refractivity contribution is 0.0587. The number of hydrogen-bond donors (Lipinski definition) is 2. The number of amides is 1. The van der Waals surface area contributed by atoms with Crippen LogP contribution in [0.15, 0.2) is 28.7 Å². The van der Waals surface area contributed by atoms with Crippen molar-refractivity contribution in [3.8, 4) is 0 Å². The van der Waals surface area contributed by atoms with Crippen LogP contribution in [0.1, 0.15) is 16.8 Å². The van der Waals surface area contributed by atoms with Gasteiger partial charge in [0, 0.05) is 23.7 Å². The van der Waals surface area contributed by atoms with Crippen molar-refractivity contribution < 1.29 is 14.6 Å². The van der Waals surface area contributed by atoms with E-state index >= 15 is 0 Å². The van der Waals surface area contributed by atoms with E-state index in [2.05, 4.69) is 21.2 Å². The van der Waals surface area contributed by atoms with Crippen LogP contribution in [0.4, 0.5) is 0 Å². The Bertz CT molecular complexity index is 353. The molecule has 0 fully saturated rings. The first kappa shape index (κ1) is 14.2. The van der Waals surface area contributed by atoms with E-state index in [0.717, 1.165) is 4.47 Å². The zero-order valence-electron chi connectivity index (χ0n) is 9.65. The Morgan fingerprint density at radius 3 is 2.71 bits per heavy atom. The minimum atomic E-state index is -0.537.